The molecule has 0 saturated heterocycles. The van der Waals surface area contributed by atoms with E-state index in [1.165, 1.54) is 0 Å². The Kier molecular flexibility index (Phi) is 6.14. The van der Waals surface area contributed by atoms with Gasteiger partial charge in [-0.3, -0.25) is 14.4 Å². The number of ketones is 1. The Morgan fingerprint density at radius 2 is 1.72 bits per heavy atom. The molecule has 1 aliphatic heterocycles. The zero-order valence-electron chi connectivity index (χ0n) is 19.4. The molecule has 5 rings (SSSR count). The van der Waals surface area contributed by atoms with Crippen molar-refractivity contribution in [3.05, 3.63) is 94.6 Å². The van der Waals surface area contributed by atoms with Gasteiger partial charge in [-0.05, 0) is 53.6 Å². The summed E-state index contributed by atoms with van der Waals surface area (Å²) in [6.07, 6.45) is 0.103. The highest BCUT2D eigenvalue weighted by Crippen LogP contribution is 2.49. The van der Waals surface area contributed by atoms with Crippen LogP contribution in [0.5, 0.6) is 5.75 Å². The van der Waals surface area contributed by atoms with Crippen LogP contribution in [0.2, 0.25) is 0 Å². The molecule has 9 nitrogen and oxygen atoms in total. The number of fused-ring (bicyclic) bond motifs is 3. The number of Topliss-reactive ketones (excluding diaryl/α,β-unsaturated/α-hetero) is 1. The summed E-state index contributed by atoms with van der Waals surface area (Å²) in [6.45, 7) is -0.106. The van der Waals surface area contributed by atoms with Crippen LogP contribution in [0.1, 0.15) is 33.1 Å². The summed E-state index contributed by atoms with van der Waals surface area (Å²) >= 11 is 0. The van der Waals surface area contributed by atoms with Gasteiger partial charge in [-0.25, -0.2) is 0 Å². The standard InChI is InChI=1S/C27H23N5O4/c1-36-18-11-7-16(8-12-18)25-24-26(32-31-25)19-3-2-4-20(23(19)27(24)35)30-21(33)13-15-5-9-17(10-6-15)29-22(34)14-28/h2-12,26H,13-14,28H2,1H3,(H,29,34)(H,30,33). The van der Waals surface area contributed by atoms with E-state index in [0.29, 0.717) is 34.0 Å². The van der Waals surface area contributed by atoms with Crippen molar-refractivity contribution in [1.82, 2.24) is 0 Å². The number of carbonyl (C=O) groups is 3. The van der Waals surface area contributed by atoms with E-state index in [4.69, 9.17) is 10.5 Å². The van der Waals surface area contributed by atoms with Gasteiger partial charge < -0.3 is 21.1 Å². The molecule has 0 aromatic heterocycles. The van der Waals surface area contributed by atoms with Gasteiger partial charge in [-0.15, -0.1) is 0 Å². The number of rotatable bonds is 7. The second kappa shape index (κ2) is 9.55. The molecule has 3 aromatic carbocycles. The summed E-state index contributed by atoms with van der Waals surface area (Å²) in [4.78, 5) is 37.7. The lowest BCUT2D eigenvalue weighted by molar-refractivity contribution is -0.116. The van der Waals surface area contributed by atoms with Crippen molar-refractivity contribution in [2.75, 3.05) is 24.3 Å². The Morgan fingerprint density at radius 3 is 2.42 bits per heavy atom. The van der Waals surface area contributed by atoms with E-state index in [9.17, 15) is 14.4 Å². The fourth-order valence-electron chi connectivity index (χ4n) is 4.36. The van der Waals surface area contributed by atoms with E-state index in [1.807, 2.05) is 30.3 Å². The summed E-state index contributed by atoms with van der Waals surface area (Å²) in [7, 11) is 1.59. The maximum atomic E-state index is 13.5. The number of benzene rings is 3. The van der Waals surface area contributed by atoms with Gasteiger partial charge in [0, 0.05) is 11.3 Å². The van der Waals surface area contributed by atoms with Crippen molar-refractivity contribution in [3.63, 3.8) is 0 Å². The van der Waals surface area contributed by atoms with Crippen molar-refractivity contribution < 1.29 is 19.1 Å². The van der Waals surface area contributed by atoms with Gasteiger partial charge in [0.15, 0.2) is 5.78 Å². The normalized spacial score (nSPS) is 15.5. The molecule has 1 atom stereocenters. The molecular weight excluding hydrogens is 458 g/mol. The number of carbonyl (C=O) groups excluding carboxylic acids is 3. The number of ether oxygens (including phenoxy) is 1. The van der Waals surface area contributed by atoms with Gasteiger partial charge in [-0.1, -0.05) is 24.3 Å². The first-order chi connectivity index (χ1) is 17.5. The molecule has 1 aliphatic carbocycles. The fourth-order valence-corrected chi connectivity index (χ4v) is 4.36. The Balaban J connectivity index is 1.35. The molecule has 3 aromatic rings. The Morgan fingerprint density at radius 1 is 0.972 bits per heavy atom. The van der Waals surface area contributed by atoms with E-state index in [2.05, 4.69) is 20.9 Å². The number of methoxy groups -OCH3 is 1. The minimum absolute atomic E-state index is 0.103. The number of amides is 2. The van der Waals surface area contributed by atoms with Gasteiger partial charge in [0.1, 0.15) is 17.5 Å². The highest BCUT2D eigenvalue weighted by Gasteiger charge is 2.42. The largest absolute Gasteiger partial charge is 0.497 e. The van der Waals surface area contributed by atoms with Gasteiger partial charge in [-0.2, -0.15) is 10.2 Å². The molecule has 0 radical (unpaired) electrons. The molecule has 0 fully saturated rings. The van der Waals surface area contributed by atoms with Crippen molar-refractivity contribution >= 4 is 34.7 Å². The second-order valence-corrected chi connectivity index (χ2v) is 8.38. The highest BCUT2D eigenvalue weighted by molar-refractivity contribution is 6.22. The first kappa shape index (κ1) is 23.1. The lowest BCUT2D eigenvalue weighted by Gasteiger charge is -2.10. The average Bonchev–Trinajstić information content (AvgIpc) is 3.45. The third-order valence-corrected chi connectivity index (χ3v) is 6.09. The van der Waals surface area contributed by atoms with Crippen LogP contribution in [0, 0.1) is 0 Å². The van der Waals surface area contributed by atoms with Crippen LogP contribution in [0.15, 0.2) is 82.5 Å². The topological polar surface area (TPSA) is 135 Å². The van der Waals surface area contributed by atoms with Crippen molar-refractivity contribution in [3.8, 4) is 5.75 Å². The quantitative estimate of drug-likeness (QED) is 0.471. The molecule has 36 heavy (non-hydrogen) atoms. The van der Waals surface area contributed by atoms with E-state index < -0.39 is 6.04 Å². The number of anilines is 2. The maximum absolute atomic E-state index is 13.5. The number of azo groups is 1. The van der Waals surface area contributed by atoms with Crippen molar-refractivity contribution in [2.45, 2.75) is 12.5 Å². The monoisotopic (exact) mass is 481 g/mol. The van der Waals surface area contributed by atoms with Gasteiger partial charge in [0.05, 0.1) is 36.9 Å². The molecule has 0 bridgehead atoms. The number of nitrogens with two attached hydrogens (primary N) is 1. The van der Waals surface area contributed by atoms with Gasteiger partial charge >= 0.3 is 0 Å². The first-order valence-electron chi connectivity index (χ1n) is 11.3. The van der Waals surface area contributed by atoms with Crippen LogP contribution < -0.4 is 21.1 Å². The number of nitrogens with zero attached hydrogens (tertiary/aromatic N) is 2. The van der Waals surface area contributed by atoms with Crippen LogP contribution in [-0.4, -0.2) is 31.3 Å². The zero-order chi connectivity index (χ0) is 25.2. The second-order valence-electron chi connectivity index (χ2n) is 8.38. The average molecular weight is 482 g/mol. The van der Waals surface area contributed by atoms with Crippen molar-refractivity contribution in [1.29, 1.82) is 0 Å². The molecule has 180 valence electrons. The number of nitrogens with one attached hydrogen (secondary N) is 2. The highest BCUT2D eigenvalue weighted by atomic mass is 16.5. The predicted molar refractivity (Wildman–Crippen MR) is 135 cm³/mol. The van der Waals surface area contributed by atoms with E-state index in [-0.39, 0.29) is 30.6 Å². The summed E-state index contributed by atoms with van der Waals surface area (Å²) in [5.41, 5.74) is 10.1. The molecule has 1 unspecified atom stereocenters. The Hall–Kier alpha value is -4.63. The number of hydrogen-bond acceptors (Lipinski definition) is 7. The van der Waals surface area contributed by atoms with E-state index in [0.717, 1.165) is 16.7 Å². The number of hydrogen-bond donors (Lipinski definition) is 3. The molecule has 9 heteroatoms. The molecular formula is C27H23N5O4. The van der Waals surface area contributed by atoms with Crippen LogP contribution in [0.3, 0.4) is 0 Å². The lowest BCUT2D eigenvalue weighted by Crippen LogP contribution is -2.21. The molecule has 4 N–H and O–H groups in total. The summed E-state index contributed by atoms with van der Waals surface area (Å²) < 4.78 is 5.21. The smallest absolute Gasteiger partial charge is 0.238 e. The van der Waals surface area contributed by atoms with Gasteiger partial charge in [0.2, 0.25) is 11.8 Å². The Bertz CT molecular complexity index is 1430. The van der Waals surface area contributed by atoms with Crippen LogP contribution in [0.4, 0.5) is 11.4 Å². The maximum Gasteiger partial charge on any atom is 0.238 e. The summed E-state index contributed by atoms with van der Waals surface area (Å²) in [6, 6.07) is 19.1. The predicted octanol–water partition coefficient (Wildman–Crippen LogP) is 3.89. The minimum Gasteiger partial charge on any atom is -0.497 e. The summed E-state index contributed by atoms with van der Waals surface area (Å²) in [5, 5.41) is 14.2. The summed E-state index contributed by atoms with van der Waals surface area (Å²) in [5.74, 6) is -0.0471. The third kappa shape index (κ3) is 4.27. The third-order valence-electron chi connectivity index (χ3n) is 6.09. The van der Waals surface area contributed by atoms with Gasteiger partial charge in [0.25, 0.3) is 0 Å². The van der Waals surface area contributed by atoms with Crippen molar-refractivity contribution in [2.24, 2.45) is 16.0 Å². The van der Waals surface area contributed by atoms with Crippen LogP contribution in [0.25, 0.3) is 5.70 Å². The van der Waals surface area contributed by atoms with E-state index in [1.54, 1.807) is 43.5 Å². The molecule has 2 aliphatic rings. The SMILES string of the molecule is COc1ccc(C2=C3C(=O)c4c(NC(=O)Cc5ccc(NC(=O)CN)cc5)cccc4C3N=N2)cc1. The minimum atomic E-state index is -0.488. The first-order valence-corrected chi connectivity index (χ1v) is 11.3. The fraction of sp³-hybridized carbons (Fsp3) is 0.148. The lowest BCUT2D eigenvalue weighted by atomic mass is 10.0. The molecule has 1 heterocycles. The van der Waals surface area contributed by atoms with E-state index >= 15 is 0 Å². The molecule has 0 saturated carbocycles. The Labute approximate surface area is 207 Å². The van der Waals surface area contributed by atoms with Crippen LogP contribution >= 0.6 is 0 Å². The zero-order valence-corrected chi connectivity index (χ0v) is 19.4. The van der Waals surface area contributed by atoms with Crippen LogP contribution in [-0.2, 0) is 16.0 Å². The molecule has 2 amide bonds. The molecule has 0 spiro atoms.